The van der Waals surface area contributed by atoms with Crippen LogP contribution < -0.4 is 0 Å². The molecule has 0 radical (unpaired) electrons. The number of halogens is 2. The summed E-state index contributed by atoms with van der Waals surface area (Å²) in [5.41, 5.74) is 4.61. The van der Waals surface area contributed by atoms with Gasteiger partial charge in [-0.15, -0.1) is 0 Å². The van der Waals surface area contributed by atoms with E-state index in [4.69, 9.17) is 0 Å². The first-order chi connectivity index (χ1) is 16.0. The molecule has 1 aromatic rings. The lowest BCUT2D eigenvalue weighted by atomic mass is 9.68. The standard InChI is InChI=1S/C28H39F2N3O/c1-8-24(34)18-31(6)16-9-11-22-12-13-23(27(30)26(22)29)17-33-21(5)25(19(2)3)20(4)28(32(33)7)14-10-15-28/h12-13H,2,5,8-11,14-18H2,1,3-4,6-7H3. The quantitative estimate of drug-likeness (QED) is 0.431. The van der Waals surface area contributed by atoms with Gasteiger partial charge in [0.1, 0.15) is 5.78 Å². The van der Waals surface area contributed by atoms with Crippen LogP contribution in [0.15, 0.2) is 47.7 Å². The number of allylic oxidation sites excluding steroid dienone is 1. The second-order valence-corrected chi connectivity index (χ2v) is 9.94. The van der Waals surface area contributed by atoms with Crippen LogP contribution in [0.5, 0.6) is 0 Å². The monoisotopic (exact) mass is 471 g/mol. The molecule has 0 bridgehead atoms. The maximum absolute atomic E-state index is 15.2. The fourth-order valence-corrected chi connectivity index (χ4v) is 5.35. The number of benzene rings is 1. The molecule has 1 spiro atoms. The highest BCUT2D eigenvalue weighted by Crippen LogP contribution is 2.50. The smallest absolute Gasteiger partial charge is 0.164 e. The summed E-state index contributed by atoms with van der Waals surface area (Å²) in [5.74, 6) is -1.39. The summed E-state index contributed by atoms with van der Waals surface area (Å²) in [5, 5.41) is 4.15. The van der Waals surface area contributed by atoms with E-state index in [1.54, 1.807) is 12.1 Å². The molecule has 186 valence electrons. The van der Waals surface area contributed by atoms with Crippen molar-refractivity contribution < 1.29 is 13.6 Å². The Morgan fingerprint density at radius 2 is 1.82 bits per heavy atom. The van der Waals surface area contributed by atoms with E-state index in [-0.39, 0.29) is 17.9 Å². The van der Waals surface area contributed by atoms with Gasteiger partial charge in [-0.25, -0.2) is 13.8 Å². The van der Waals surface area contributed by atoms with E-state index in [2.05, 4.69) is 25.1 Å². The van der Waals surface area contributed by atoms with Crippen molar-refractivity contribution in [2.75, 3.05) is 27.2 Å². The maximum Gasteiger partial charge on any atom is 0.164 e. The van der Waals surface area contributed by atoms with Crippen LogP contribution in [0, 0.1) is 11.6 Å². The summed E-state index contributed by atoms with van der Waals surface area (Å²) in [6, 6.07) is 3.38. The third kappa shape index (κ3) is 4.89. The van der Waals surface area contributed by atoms with Crippen molar-refractivity contribution in [2.45, 2.75) is 71.4 Å². The number of nitrogens with zero attached hydrogens (tertiary/aromatic N) is 3. The molecule has 0 aromatic heterocycles. The largest absolute Gasteiger partial charge is 0.301 e. The molecule has 1 aliphatic carbocycles. The second kappa shape index (κ2) is 10.5. The number of aryl methyl sites for hydroxylation is 1. The van der Waals surface area contributed by atoms with Crippen LogP contribution in [0.2, 0.25) is 0 Å². The number of hydrazine groups is 1. The molecule has 34 heavy (non-hydrogen) atoms. The number of carbonyl (C=O) groups is 1. The molecule has 6 heteroatoms. The van der Waals surface area contributed by atoms with Crippen LogP contribution >= 0.6 is 0 Å². The highest BCUT2D eigenvalue weighted by molar-refractivity contribution is 5.80. The zero-order valence-corrected chi connectivity index (χ0v) is 21.4. The van der Waals surface area contributed by atoms with Crippen LogP contribution in [0.3, 0.4) is 0 Å². The van der Waals surface area contributed by atoms with Gasteiger partial charge in [-0.2, -0.15) is 0 Å². The normalized spacial score (nSPS) is 18.1. The minimum absolute atomic E-state index is 0.102. The molecule has 1 heterocycles. The van der Waals surface area contributed by atoms with Crippen LogP contribution in [-0.2, 0) is 17.8 Å². The fraction of sp³-hybridized carbons (Fsp3) is 0.536. The molecular weight excluding hydrogens is 432 g/mol. The molecule has 0 amide bonds. The summed E-state index contributed by atoms with van der Waals surface area (Å²) in [7, 11) is 3.89. The average molecular weight is 472 g/mol. The zero-order chi connectivity index (χ0) is 25.2. The average Bonchev–Trinajstić information content (AvgIpc) is 2.74. The number of rotatable bonds is 10. The van der Waals surface area contributed by atoms with Crippen molar-refractivity contribution in [1.82, 2.24) is 14.9 Å². The topological polar surface area (TPSA) is 26.8 Å². The summed E-state index contributed by atoms with van der Waals surface area (Å²) >= 11 is 0. The summed E-state index contributed by atoms with van der Waals surface area (Å²) in [6.07, 6.45) is 4.80. The van der Waals surface area contributed by atoms with E-state index in [0.717, 1.165) is 36.1 Å². The molecule has 2 aliphatic rings. The van der Waals surface area contributed by atoms with Gasteiger partial charge in [0.15, 0.2) is 11.6 Å². The van der Waals surface area contributed by atoms with Crippen molar-refractivity contribution in [3.05, 3.63) is 70.5 Å². The number of ketones is 1. The van der Waals surface area contributed by atoms with Crippen molar-refractivity contribution in [3.8, 4) is 0 Å². The second-order valence-electron chi connectivity index (χ2n) is 9.94. The van der Waals surface area contributed by atoms with Crippen molar-refractivity contribution in [3.63, 3.8) is 0 Å². The Morgan fingerprint density at radius 1 is 1.21 bits per heavy atom. The van der Waals surface area contributed by atoms with Gasteiger partial charge in [0.25, 0.3) is 0 Å². The van der Waals surface area contributed by atoms with E-state index >= 15 is 4.39 Å². The number of likely N-dealkylation sites (N-methyl/N-ethyl adjacent to an activating group) is 2. The Bertz CT molecular complexity index is 1010. The molecule has 0 unspecified atom stereocenters. The zero-order valence-electron chi connectivity index (χ0n) is 21.4. The molecule has 0 atom stereocenters. The first-order valence-corrected chi connectivity index (χ1v) is 12.3. The third-order valence-electron chi connectivity index (χ3n) is 7.65. The molecule has 4 nitrogen and oxygen atoms in total. The van der Waals surface area contributed by atoms with E-state index < -0.39 is 11.6 Å². The third-order valence-corrected chi connectivity index (χ3v) is 7.65. The fourth-order valence-electron chi connectivity index (χ4n) is 5.35. The maximum atomic E-state index is 15.2. The summed E-state index contributed by atoms with van der Waals surface area (Å²) in [6.45, 7) is 15.7. The summed E-state index contributed by atoms with van der Waals surface area (Å²) in [4.78, 5) is 13.5. The van der Waals surface area contributed by atoms with Crippen LogP contribution in [0.1, 0.15) is 64.0 Å². The van der Waals surface area contributed by atoms with Gasteiger partial charge in [0, 0.05) is 24.6 Å². The van der Waals surface area contributed by atoms with Gasteiger partial charge < -0.3 is 5.01 Å². The molecule has 0 N–H and O–H groups in total. The Morgan fingerprint density at radius 3 is 2.38 bits per heavy atom. The predicted molar refractivity (Wildman–Crippen MR) is 134 cm³/mol. The molecule has 1 saturated carbocycles. The minimum atomic E-state index is -0.793. The predicted octanol–water partition coefficient (Wildman–Crippen LogP) is 5.80. The number of Topliss-reactive ketones (excluding diaryl/α,β-unsaturated/α-hetero) is 1. The van der Waals surface area contributed by atoms with E-state index in [0.29, 0.717) is 43.5 Å². The van der Waals surface area contributed by atoms with Gasteiger partial charge in [-0.1, -0.05) is 32.2 Å². The molecule has 3 rings (SSSR count). The molecule has 0 saturated heterocycles. The highest BCUT2D eigenvalue weighted by atomic mass is 19.2. The summed E-state index contributed by atoms with van der Waals surface area (Å²) < 4.78 is 30.1. The van der Waals surface area contributed by atoms with Crippen LogP contribution in [0.25, 0.3) is 0 Å². The molecule has 1 aromatic carbocycles. The van der Waals surface area contributed by atoms with Gasteiger partial charge in [-0.05, 0) is 76.3 Å². The number of hydrogen-bond acceptors (Lipinski definition) is 4. The molecule has 1 fully saturated rings. The lowest BCUT2D eigenvalue weighted by Gasteiger charge is -2.58. The van der Waals surface area contributed by atoms with Crippen molar-refractivity contribution >= 4 is 5.78 Å². The Balaban J connectivity index is 1.75. The Hall–Kier alpha value is -2.31. The molecular formula is C28H39F2N3O. The van der Waals surface area contributed by atoms with Gasteiger partial charge in [0.2, 0.25) is 0 Å². The van der Waals surface area contributed by atoms with Crippen LogP contribution in [0.4, 0.5) is 8.78 Å². The van der Waals surface area contributed by atoms with Gasteiger partial charge >= 0.3 is 0 Å². The number of hydrogen-bond donors (Lipinski definition) is 0. The van der Waals surface area contributed by atoms with E-state index in [9.17, 15) is 9.18 Å². The lowest BCUT2D eigenvalue weighted by Crippen LogP contribution is -2.62. The first-order valence-electron chi connectivity index (χ1n) is 12.3. The Kier molecular flexibility index (Phi) is 8.14. The van der Waals surface area contributed by atoms with Crippen molar-refractivity contribution in [2.24, 2.45) is 0 Å². The van der Waals surface area contributed by atoms with Crippen molar-refractivity contribution in [1.29, 1.82) is 0 Å². The Labute approximate surface area is 203 Å². The van der Waals surface area contributed by atoms with Gasteiger partial charge in [-0.3, -0.25) is 9.69 Å². The van der Waals surface area contributed by atoms with Gasteiger partial charge in [0.05, 0.1) is 24.3 Å². The number of carbonyl (C=O) groups excluding carboxylic acids is 1. The SMILES string of the molecule is C=C(C)C1=C(C)C2(CCC2)N(C)N(Cc2ccc(CCCN(C)CC(=O)CC)c(F)c2F)C1=C. The molecule has 1 aliphatic heterocycles. The minimum Gasteiger partial charge on any atom is -0.301 e. The highest BCUT2D eigenvalue weighted by Gasteiger charge is 2.49. The van der Waals surface area contributed by atoms with Crippen LogP contribution in [-0.4, -0.2) is 53.4 Å². The van der Waals surface area contributed by atoms with E-state index in [1.165, 1.54) is 5.57 Å². The first kappa shape index (κ1) is 26.3. The van der Waals surface area contributed by atoms with E-state index in [1.807, 2.05) is 37.9 Å². The lowest BCUT2D eigenvalue weighted by molar-refractivity contribution is -0.119.